The summed E-state index contributed by atoms with van der Waals surface area (Å²) in [7, 11) is 0. The Balaban J connectivity index is 2.38. The molecule has 1 heteroatoms. The quantitative estimate of drug-likeness (QED) is 0.496. The first-order valence-electron chi connectivity index (χ1n) is 11.1. The average Bonchev–Trinajstić information content (AvgIpc) is 2.66. The highest BCUT2D eigenvalue weighted by Gasteiger charge is 2.58. The Morgan fingerprint density at radius 2 is 1.63 bits per heavy atom. The van der Waals surface area contributed by atoms with E-state index in [1.54, 1.807) is 5.56 Å². The summed E-state index contributed by atoms with van der Waals surface area (Å²) >= 11 is 0. The Labute approximate surface area is 166 Å². The molecule has 1 aromatic heterocycles. The van der Waals surface area contributed by atoms with Gasteiger partial charge in [0.25, 0.3) is 0 Å². The minimum Gasteiger partial charge on any atom is -0.192 e. The monoisotopic (exact) mass is 364 g/mol. The van der Waals surface area contributed by atoms with E-state index < -0.39 is 0 Å². The number of rotatable bonds is 6. The van der Waals surface area contributed by atoms with Gasteiger partial charge in [0.2, 0.25) is 5.69 Å². The van der Waals surface area contributed by atoms with E-state index in [1.165, 1.54) is 47.2 Å². The first-order chi connectivity index (χ1) is 12.9. The zero-order valence-electron chi connectivity index (χ0n) is 18.6. The number of hydrogen-bond donors (Lipinski definition) is 0. The minimum atomic E-state index is 0.131. The van der Waals surface area contributed by atoms with Crippen LogP contribution in [0.3, 0.4) is 0 Å². The summed E-state index contributed by atoms with van der Waals surface area (Å²) in [6, 6.07) is 9.73. The molecule has 2 heterocycles. The van der Waals surface area contributed by atoms with Crippen LogP contribution in [0.15, 0.2) is 30.5 Å². The molecule has 2 aromatic rings. The molecule has 1 aliphatic rings. The lowest BCUT2D eigenvalue weighted by atomic mass is 9.58. The van der Waals surface area contributed by atoms with E-state index in [0.717, 1.165) is 19.3 Å². The molecule has 0 N–H and O–H groups in total. The highest BCUT2D eigenvalue weighted by atomic mass is 15.1. The second-order valence-corrected chi connectivity index (χ2v) is 8.83. The Bertz CT molecular complexity index is 828. The molecule has 3 rings (SSSR count). The average molecular weight is 365 g/mol. The van der Waals surface area contributed by atoms with Crippen molar-refractivity contribution in [2.75, 3.05) is 0 Å². The summed E-state index contributed by atoms with van der Waals surface area (Å²) in [6.45, 7) is 16.5. The van der Waals surface area contributed by atoms with Crippen molar-refractivity contribution in [2.45, 2.75) is 97.9 Å². The van der Waals surface area contributed by atoms with Crippen molar-refractivity contribution in [3.05, 3.63) is 52.7 Å². The molecular formula is C26H38N+. The van der Waals surface area contributed by atoms with Gasteiger partial charge in [-0.1, -0.05) is 46.2 Å². The largest absolute Gasteiger partial charge is 0.216 e. The third-order valence-electron chi connectivity index (χ3n) is 7.51. The molecule has 0 radical (unpaired) electrons. The van der Waals surface area contributed by atoms with Gasteiger partial charge in [-0.15, -0.1) is 0 Å². The van der Waals surface area contributed by atoms with Gasteiger partial charge in [-0.2, -0.15) is 4.57 Å². The van der Waals surface area contributed by atoms with E-state index in [1.807, 2.05) is 0 Å². The number of unbranched alkanes of at least 4 members (excludes halogenated alkanes) is 1. The van der Waals surface area contributed by atoms with Gasteiger partial charge < -0.3 is 0 Å². The second kappa shape index (κ2) is 7.41. The number of hydrogen-bond acceptors (Lipinski definition) is 0. The molecule has 0 spiro atoms. The van der Waals surface area contributed by atoms with E-state index in [4.69, 9.17) is 0 Å². The first-order valence-corrected chi connectivity index (χ1v) is 11.1. The van der Waals surface area contributed by atoms with Crippen LogP contribution in [0.25, 0.3) is 11.3 Å². The molecule has 1 aromatic carbocycles. The van der Waals surface area contributed by atoms with Crippen LogP contribution in [-0.4, -0.2) is 0 Å². The van der Waals surface area contributed by atoms with Crippen molar-refractivity contribution in [2.24, 2.45) is 0 Å². The maximum absolute atomic E-state index is 2.67. The van der Waals surface area contributed by atoms with Gasteiger partial charge in [0, 0.05) is 24.0 Å². The lowest BCUT2D eigenvalue weighted by molar-refractivity contribution is -0.770. The molecule has 1 nitrogen and oxygen atoms in total. The van der Waals surface area contributed by atoms with Crippen LogP contribution in [0.4, 0.5) is 0 Å². The van der Waals surface area contributed by atoms with Gasteiger partial charge in [-0.05, 0) is 63.3 Å². The Hall–Kier alpha value is -1.63. The topological polar surface area (TPSA) is 3.88 Å². The normalized spacial score (nSPS) is 20.3. The molecule has 0 fully saturated rings. The molecule has 1 atom stereocenters. The van der Waals surface area contributed by atoms with Gasteiger partial charge >= 0.3 is 0 Å². The summed E-state index contributed by atoms with van der Waals surface area (Å²) in [5, 5.41) is 0. The van der Waals surface area contributed by atoms with Crippen molar-refractivity contribution in [3.63, 3.8) is 0 Å². The molecule has 0 saturated heterocycles. The van der Waals surface area contributed by atoms with Gasteiger partial charge in [0.15, 0.2) is 11.7 Å². The third-order valence-corrected chi connectivity index (χ3v) is 7.51. The molecule has 0 saturated carbocycles. The van der Waals surface area contributed by atoms with Gasteiger partial charge in [0.1, 0.15) is 0 Å². The van der Waals surface area contributed by atoms with E-state index in [-0.39, 0.29) is 11.0 Å². The fourth-order valence-corrected chi connectivity index (χ4v) is 5.80. The number of pyridine rings is 1. The highest BCUT2D eigenvalue weighted by molar-refractivity contribution is 5.69. The van der Waals surface area contributed by atoms with Crippen LogP contribution >= 0.6 is 0 Å². The van der Waals surface area contributed by atoms with E-state index >= 15 is 0 Å². The molecule has 0 aliphatic carbocycles. The van der Waals surface area contributed by atoms with Crippen LogP contribution in [-0.2, 0) is 17.4 Å². The number of aromatic nitrogens is 1. The van der Waals surface area contributed by atoms with E-state index in [9.17, 15) is 0 Å². The summed E-state index contributed by atoms with van der Waals surface area (Å²) in [4.78, 5) is 0. The zero-order chi connectivity index (χ0) is 19.8. The molecular weight excluding hydrogens is 326 g/mol. The van der Waals surface area contributed by atoms with Crippen LogP contribution < -0.4 is 4.57 Å². The lowest BCUT2D eigenvalue weighted by Gasteiger charge is -2.48. The van der Waals surface area contributed by atoms with Crippen molar-refractivity contribution in [1.29, 1.82) is 0 Å². The SMILES string of the molecule is CCCCc1ccc2c(c1)-c1c(C)cc(C)c[n+]1C(CC)(CC)C2(C)CC. The predicted molar refractivity (Wildman–Crippen MR) is 116 cm³/mol. The summed E-state index contributed by atoms with van der Waals surface area (Å²) in [5.41, 5.74) is 9.02. The van der Waals surface area contributed by atoms with Crippen molar-refractivity contribution in [1.82, 2.24) is 0 Å². The Morgan fingerprint density at radius 1 is 0.926 bits per heavy atom. The van der Waals surface area contributed by atoms with Gasteiger partial charge in [-0.3, -0.25) is 0 Å². The van der Waals surface area contributed by atoms with E-state index in [0.29, 0.717) is 0 Å². The number of nitrogens with zero attached hydrogens (tertiary/aromatic N) is 1. The standard InChI is InChI=1S/C26H38N/c1-8-12-13-21-14-15-23-22(17-21)24-20(6)16-19(5)18-27(24)26(10-3,11-4)25(23,7)9-2/h14-18H,8-13H2,1-7H3/q+1. The summed E-state index contributed by atoms with van der Waals surface area (Å²) in [6.07, 6.45) is 9.61. The maximum atomic E-state index is 2.67. The molecule has 1 aliphatic heterocycles. The van der Waals surface area contributed by atoms with Gasteiger partial charge in [0.05, 0.1) is 11.0 Å². The molecule has 0 bridgehead atoms. The number of fused-ring (bicyclic) bond motifs is 3. The fourth-order valence-electron chi connectivity index (χ4n) is 5.80. The van der Waals surface area contributed by atoms with Crippen molar-refractivity contribution >= 4 is 0 Å². The Kier molecular flexibility index (Phi) is 5.52. The first kappa shape index (κ1) is 20.1. The predicted octanol–water partition coefficient (Wildman–Crippen LogP) is 6.80. The molecule has 27 heavy (non-hydrogen) atoms. The van der Waals surface area contributed by atoms with E-state index in [2.05, 4.69) is 83.5 Å². The summed E-state index contributed by atoms with van der Waals surface area (Å²) < 4.78 is 2.67. The molecule has 1 unspecified atom stereocenters. The smallest absolute Gasteiger partial charge is 0.192 e. The zero-order valence-corrected chi connectivity index (χ0v) is 18.6. The van der Waals surface area contributed by atoms with Crippen molar-refractivity contribution in [3.8, 4) is 11.3 Å². The van der Waals surface area contributed by atoms with Crippen LogP contribution in [0.1, 0.15) is 89.0 Å². The maximum Gasteiger partial charge on any atom is 0.216 e. The number of aryl methyl sites for hydroxylation is 3. The van der Waals surface area contributed by atoms with Crippen molar-refractivity contribution < 1.29 is 4.57 Å². The Morgan fingerprint density at radius 3 is 2.22 bits per heavy atom. The number of benzene rings is 1. The van der Waals surface area contributed by atoms with Crippen LogP contribution in [0, 0.1) is 13.8 Å². The molecule has 146 valence electrons. The summed E-state index contributed by atoms with van der Waals surface area (Å²) in [5.74, 6) is 0. The third kappa shape index (κ3) is 2.85. The van der Waals surface area contributed by atoms with Crippen LogP contribution in [0.2, 0.25) is 0 Å². The molecule has 0 amide bonds. The van der Waals surface area contributed by atoms with Crippen LogP contribution in [0.5, 0.6) is 0 Å². The second-order valence-electron chi connectivity index (χ2n) is 8.83. The lowest BCUT2D eigenvalue weighted by Crippen LogP contribution is -2.69. The van der Waals surface area contributed by atoms with Gasteiger partial charge in [-0.25, -0.2) is 0 Å². The minimum absolute atomic E-state index is 0.131. The fraction of sp³-hybridized carbons (Fsp3) is 0.577. The highest BCUT2D eigenvalue weighted by Crippen LogP contribution is 2.51.